The second-order valence-electron chi connectivity index (χ2n) is 4.86. The van der Waals surface area contributed by atoms with Crippen LogP contribution in [0.25, 0.3) is 0 Å². The highest BCUT2D eigenvalue weighted by atomic mass is 16.5. The summed E-state index contributed by atoms with van der Waals surface area (Å²) < 4.78 is 5.33. The molecular weight excluding hydrogens is 202 g/mol. The molecule has 3 unspecified atom stereocenters. The van der Waals surface area contributed by atoms with E-state index in [2.05, 4.69) is 29.3 Å². The molecule has 0 spiro atoms. The van der Waals surface area contributed by atoms with Crippen LogP contribution in [0.2, 0.25) is 0 Å². The SMILES string of the molecule is CCC(NC)c1nc(C2CCC(C)C2)no1. The number of rotatable bonds is 4. The fourth-order valence-electron chi connectivity index (χ4n) is 2.50. The van der Waals surface area contributed by atoms with E-state index in [0.717, 1.165) is 24.1 Å². The molecule has 1 aromatic rings. The van der Waals surface area contributed by atoms with Gasteiger partial charge in [0.2, 0.25) is 5.89 Å². The van der Waals surface area contributed by atoms with Gasteiger partial charge in [0.05, 0.1) is 6.04 Å². The molecule has 3 atom stereocenters. The van der Waals surface area contributed by atoms with Crippen molar-refractivity contribution >= 4 is 0 Å². The lowest BCUT2D eigenvalue weighted by atomic mass is 10.1. The first kappa shape index (κ1) is 11.6. The summed E-state index contributed by atoms with van der Waals surface area (Å²) in [6, 6.07) is 0.195. The van der Waals surface area contributed by atoms with Crippen molar-refractivity contribution < 1.29 is 4.52 Å². The van der Waals surface area contributed by atoms with Gasteiger partial charge in [-0.2, -0.15) is 4.98 Å². The Bertz CT molecular complexity index is 333. The first-order valence-corrected chi connectivity index (χ1v) is 6.25. The van der Waals surface area contributed by atoms with Crippen LogP contribution >= 0.6 is 0 Å². The van der Waals surface area contributed by atoms with Gasteiger partial charge < -0.3 is 9.84 Å². The predicted molar refractivity (Wildman–Crippen MR) is 62.1 cm³/mol. The molecule has 1 fully saturated rings. The van der Waals surface area contributed by atoms with Gasteiger partial charge in [0.25, 0.3) is 0 Å². The van der Waals surface area contributed by atoms with Crippen molar-refractivity contribution in [1.29, 1.82) is 0 Å². The Labute approximate surface area is 96.8 Å². The summed E-state index contributed by atoms with van der Waals surface area (Å²) in [6.45, 7) is 4.41. The number of hydrogen-bond acceptors (Lipinski definition) is 4. The van der Waals surface area contributed by atoms with Gasteiger partial charge in [0.15, 0.2) is 5.82 Å². The van der Waals surface area contributed by atoms with Gasteiger partial charge in [0.1, 0.15) is 0 Å². The summed E-state index contributed by atoms with van der Waals surface area (Å²) in [5.74, 6) is 2.97. The van der Waals surface area contributed by atoms with Crippen LogP contribution in [-0.4, -0.2) is 17.2 Å². The lowest BCUT2D eigenvalue weighted by Gasteiger charge is -2.07. The van der Waals surface area contributed by atoms with Gasteiger partial charge in [-0.3, -0.25) is 0 Å². The van der Waals surface area contributed by atoms with Crippen molar-refractivity contribution in [3.05, 3.63) is 11.7 Å². The van der Waals surface area contributed by atoms with Crippen LogP contribution in [0, 0.1) is 5.92 Å². The van der Waals surface area contributed by atoms with E-state index in [1.165, 1.54) is 19.3 Å². The van der Waals surface area contributed by atoms with E-state index in [9.17, 15) is 0 Å². The standard InChI is InChI=1S/C12H21N3O/c1-4-10(13-3)12-14-11(15-16-12)9-6-5-8(2)7-9/h8-10,13H,4-7H2,1-3H3. The third kappa shape index (κ3) is 2.26. The zero-order chi connectivity index (χ0) is 11.5. The number of aromatic nitrogens is 2. The first-order valence-electron chi connectivity index (χ1n) is 6.25. The fourth-order valence-corrected chi connectivity index (χ4v) is 2.50. The average molecular weight is 223 g/mol. The minimum Gasteiger partial charge on any atom is -0.338 e. The van der Waals surface area contributed by atoms with Crippen molar-refractivity contribution in [1.82, 2.24) is 15.5 Å². The van der Waals surface area contributed by atoms with E-state index < -0.39 is 0 Å². The average Bonchev–Trinajstić information content (AvgIpc) is 2.89. The van der Waals surface area contributed by atoms with Gasteiger partial charge in [-0.15, -0.1) is 0 Å². The summed E-state index contributed by atoms with van der Waals surface area (Å²) in [5.41, 5.74) is 0. The molecule has 1 N–H and O–H groups in total. The molecule has 90 valence electrons. The molecule has 2 rings (SSSR count). The van der Waals surface area contributed by atoms with Crippen molar-refractivity contribution in [2.75, 3.05) is 7.05 Å². The van der Waals surface area contributed by atoms with Crippen LogP contribution in [-0.2, 0) is 0 Å². The molecule has 4 heteroatoms. The molecule has 0 aromatic carbocycles. The van der Waals surface area contributed by atoms with Gasteiger partial charge in [0, 0.05) is 5.92 Å². The highest BCUT2D eigenvalue weighted by molar-refractivity contribution is 5.01. The van der Waals surface area contributed by atoms with Crippen LogP contribution in [0.5, 0.6) is 0 Å². The van der Waals surface area contributed by atoms with Gasteiger partial charge in [-0.05, 0) is 38.6 Å². The summed E-state index contributed by atoms with van der Waals surface area (Å²) in [5, 5.41) is 7.31. The van der Waals surface area contributed by atoms with Gasteiger partial charge >= 0.3 is 0 Å². The second-order valence-corrected chi connectivity index (χ2v) is 4.86. The summed E-state index contributed by atoms with van der Waals surface area (Å²) >= 11 is 0. The molecule has 1 aliphatic rings. The Kier molecular flexibility index (Phi) is 3.59. The minimum absolute atomic E-state index is 0.195. The number of nitrogens with zero attached hydrogens (tertiary/aromatic N) is 2. The van der Waals surface area contributed by atoms with E-state index in [-0.39, 0.29) is 6.04 Å². The zero-order valence-electron chi connectivity index (χ0n) is 10.4. The topological polar surface area (TPSA) is 51.0 Å². The predicted octanol–water partition coefficient (Wildman–Crippen LogP) is 2.64. The Balaban J connectivity index is 2.07. The maximum Gasteiger partial charge on any atom is 0.243 e. The minimum atomic E-state index is 0.195. The molecule has 1 aliphatic carbocycles. The highest BCUT2D eigenvalue weighted by Crippen LogP contribution is 2.36. The van der Waals surface area contributed by atoms with Crippen molar-refractivity contribution in [3.63, 3.8) is 0 Å². The molecule has 16 heavy (non-hydrogen) atoms. The fraction of sp³-hybridized carbons (Fsp3) is 0.833. The smallest absolute Gasteiger partial charge is 0.243 e. The molecule has 0 bridgehead atoms. The molecule has 0 saturated heterocycles. The van der Waals surface area contributed by atoms with Crippen LogP contribution in [0.1, 0.15) is 63.2 Å². The Morgan fingerprint density at radius 1 is 1.50 bits per heavy atom. The van der Waals surface area contributed by atoms with Crippen molar-refractivity contribution in [2.45, 2.75) is 51.5 Å². The molecular formula is C12H21N3O. The van der Waals surface area contributed by atoms with E-state index in [1.54, 1.807) is 0 Å². The van der Waals surface area contributed by atoms with E-state index in [4.69, 9.17) is 4.52 Å². The second kappa shape index (κ2) is 4.95. The monoisotopic (exact) mass is 223 g/mol. The lowest BCUT2D eigenvalue weighted by molar-refractivity contribution is 0.329. The number of nitrogens with one attached hydrogen (secondary N) is 1. The third-order valence-electron chi connectivity index (χ3n) is 3.57. The quantitative estimate of drug-likeness (QED) is 0.852. The molecule has 0 aliphatic heterocycles. The maximum atomic E-state index is 5.33. The third-order valence-corrected chi connectivity index (χ3v) is 3.57. The van der Waals surface area contributed by atoms with E-state index in [0.29, 0.717) is 5.92 Å². The molecule has 4 nitrogen and oxygen atoms in total. The summed E-state index contributed by atoms with van der Waals surface area (Å²) in [7, 11) is 1.93. The molecule has 1 saturated carbocycles. The van der Waals surface area contributed by atoms with Crippen molar-refractivity contribution in [3.8, 4) is 0 Å². The summed E-state index contributed by atoms with van der Waals surface area (Å²) in [6.07, 6.45) is 4.67. The number of hydrogen-bond donors (Lipinski definition) is 1. The van der Waals surface area contributed by atoms with E-state index in [1.807, 2.05) is 7.05 Å². The highest BCUT2D eigenvalue weighted by Gasteiger charge is 2.27. The summed E-state index contributed by atoms with van der Waals surface area (Å²) in [4.78, 5) is 4.53. The molecule has 0 radical (unpaired) electrons. The maximum absolute atomic E-state index is 5.33. The van der Waals surface area contributed by atoms with Crippen LogP contribution in [0.4, 0.5) is 0 Å². The van der Waals surface area contributed by atoms with Crippen molar-refractivity contribution in [2.24, 2.45) is 5.92 Å². The first-order chi connectivity index (χ1) is 7.74. The zero-order valence-corrected chi connectivity index (χ0v) is 10.4. The van der Waals surface area contributed by atoms with Crippen LogP contribution < -0.4 is 5.32 Å². The Morgan fingerprint density at radius 3 is 2.88 bits per heavy atom. The normalized spacial score (nSPS) is 27.2. The van der Waals surface area contributed by atoms with Gasteiger partial charge in [-0.1, -0.05) is 19.0 Å². The van der Waals surface area contributed by atoms with E-state index >= 15 is 0 Å². The Hall–Kier alpha value is -0.900. The van der Waals surface area contributed by atoms with Gasteiger partial charge in [-0.25, -0.2) is 0 Å². The molecule has 1 aromatic heterocycles. The Morgan fingerprint density at radius 2 is 2.31 bits per heavy atom. The van der Waals surface area contributed by atoms with Crippen LogP contribution in [0.15, 0.2) is 4.52 Å². The lowest BCUT2D eigenvalue weighted by Crippen LogP contribution is -2.15. The molecule has 1 heterocycles. The molecule has 0 amide bonds. The largest absolute Gasteiger partial charge is 0.338 e. The van der Waals surface area contributed by atoms with Crippen LogP contribution in [0.3, 0.4) is 0 Å².